The number of carbonyl (C=O) groups is 1. The van der Waals surface area contributed by atoms with Gasteiger partial charge in [0.2, 0.25) is 0 Å². The first-order valence-electron chi connectivity index (χ1n) is 6.11. The number of hydrogen-bond donors (Lipinski definition) is 0. The highest BCUT2D eigenvalue weighted by atomic mass is 79.9. The van der Waals surface area contributed by atoms with Gasteiger partial charge in [-0.3, -0.25) is 4.79 Å². The van der Waals surface area contributed by atoms with Crippen molar-refractivity contribution < 1.29 is 4.79 Å². The van der Waals surface area contributed by atoms with E-state index in [0.29, 0.717) is 11.5 Å². The van der Waals surface area contributed by atoms with Crippen LogP contribution in [0.1, 0.15) is 36.5 Å². The first kappa shape index (κ1) is 12.6. The number of halogens is 1. The molecule has 1 aliphatic rings. The molecule has 1 fully saturated rings. The van der Waals surface area contributed by atoms with Crippen molar-refractivity contribution in [2.75, 3.05) is 13.1 Å². The standard InChI is InChI=1S/C13H17BrN2O/c1-2-10-4-3-7-16(9-10)13(17)11-5-6-12(14)15-8-11/h5-6,8,10H,2-4,7,9H2,1H3. The van der Waals surface area contributed by atoms with Crippen LogP contribution in [0.4, 0.5) is 0 Å². The van der Waals surface area contributed by atoms with Crippen LogP contribution >= 0.6 is 15.9 Å². The van der Waals surface area contributed by atoms with E-state index in [2.05, 4.69) is 27.8 Å². The molecule has 3 nitrogen and oxygen atoms in total. The quantitative estimate of drug-likeness (QED) is 0.786. The second-order valence-electron chi connectivity index (χ2n) is 4.54. The van der Waals surface area contributed by atoms with Crippen LogP contribution in [-0.4, -0.2) is 28.9 Å². The van der Waals surface area contributed by atoms with E-state index in [1.807, 2.05) is 17.0 Å². The van der Waals surface area contributed by atoms with Crippen molar-refractivity contribution in [1.29, 1.82) is 0 Å². The third kappa shape index (κ3) is 3.06. The molecule has 4 heteroatoms. The zero-order chi connectivity index (χ0) is 12.3. The number of pyridine rings is 1. The number of rotatable bonds is 2. The fourth-order valence-corrected chi connectivity index (χ4v) is 2.50. The van der Waals surface area contributed by atoms with Crippen LogP contribution in [0.3, 0.4) is 0 Å². The van der Waals surface area contributed by atoms with Crippen LogP contribution in [0.15, 0.2) is 22.9 Å². The van der Waals surface area contributed by atoms with Gasteiger partial charge in [0.1, 0.15) is 4.60 Å². The van der Waals surface area contributed by atoms with Crippen molar-refractivity contribution in [3.8, 4) is 0 Å². The highest BCUT2D eigenvalue weighted by molar-refractivity contribution is 9.10. The Hall–Kier alpha value is -0.900. The molecule has 1 aromatic rings. The summed E-state index contributed by atoms with van der Waals surface area (Å²) in [5, 5.41) is 0. The second-order valence-corrected chi connectivity index (χ2v) is 5.35. The van der Waals surface area contributed by atoms with Gasteiger partial charge in [-0.25, -0.2) is 4.98 Å². The van der Waals surface area contributed by atoms with Crippen molar-refractivity contribution in [3.05, 3.63) is 28.5 Å². The van der Waals surface area contributed by atoms with Crippen LogP contribution in [0.2, 0.25) is 0 Å². The summed E-state index contributed by atoms with van der Waals surface area (Å²) in [5.74, 6) is 0.777. The number of hydrogen-bond acceptors (Lipinski definition) is 2. The van der Waals surface area contributed by atoms with Gasteiger partial charge in [0.25, 0.3) is 5.91 Å². The predicted molar refractivity (Wildman–Crippen MR) is 70.9 cm³/mol. The Morgan fingerprint density at radius 2 is 2.41 bits per heavy atom. The Balaban J connectivity index is 2.06. The minimum absolute atomic E-state index is 0.114. The molecule has 0 aromatic carbocycles. The van der Waals surface area contributed by atoms with Gasteiger partial charge in [-0.1, -0.05) is 13.3 Å². The van der Waals surface area contributed by atoms with Gasteiger partial charge in [0, 0.05) is 19.3 Å². The van der Waals surface area contributed by atoms with Crippen molar-refractivity contribution in [1.82, 2.24) is 9.88 Å². The summed E-state index contributed by atoms with van der Waals surface area (Å²) in [6.45, 7) is 3.97. The molecule has 2 heterocycles. The van der Waals surface area contributed by atoms with Gasteiger partial charge >= 0.3 is 0 Å². The van der Waals surface area contributed by atoms with E-state index in [1.54, 1.807) is 6.20 Å². The molecule has 17 heavy (non-hydrogen) atoms. The Morgan fingerprint density at radius 3 is 3.06 bits per heavy atom. The molecule has 1 amide bonds. The molecule has 0 bridgehead atoms. The van der Waals surface area contributed by atoms with Crippen LogP contribution in [-0.2, 0) is 0 Å². The van der Waals surface area contributed by atoms with Gasteiger partial charge in [-0.05, 0) is 46.8 Å². The average Bonchev–Trinajstić information content (AvgIpc) is 2.39. The molecule has 1 saturated heterocycles. The van der Waals surface area contributed by atoms with Crippen molar-refractivity contribution in [3.63, 3.8) is 0 Å². The van der Waals surface area contributed by atoms with Crippen LogP contribution < -0.4 is 0 Å². The van der Waals surface area contributed by atoms with E-state index in [1.165, 1.54) is 6.42 Å². The lowest BCUT2D eigenvalue weighted by Gasteiger charge is -2.32. The predicted octanol–water partition coefficient (Wildman–Crippen LogP) is 3.11. The van der Waals surface area contributed by atoms with Crippen molar-refractivity contribution >= 4 is 21.8 Å². The fraction of sp³-hybridized carbons (Fsp3) is 0.538. The summed E-state index contributed by atoms with van der Waals surface area (Å²) in [7, 11) is 0. The van der Waals surface area contributed by atoms with E-state index in [4.69, 9.17) is 0 Å². The molecule has 1 atom stereocenters. The summed E-state index contributed by atoms with van der Waals surface area (Å²) < 4.78 is 0.763. The Morgan fingerprint density at radius 1 is 1.59 bits per heavy atom. The number of aromatic nitrogens is 1. The molecule has 0 radical (unpaired) electrons. The topological polar surface area (TPSA) is 33.2 Å². The molecule has 0 saturated carbocycles. The maximum atomic E-state index is 12.2. The van der Waals surface area contributed by atoms with E-state index in [0.717, 1.165) is 30.5 Å². The van der Waals surface area contributed by atoms with E-state index in [-0.39, 0.29) is 5.91 Å². The summed E-state index contributed by atoms with van der Waals surface area (Å²) in [5.41, 5.74) is 0.685. The summed E-state index contributed by atoms with van der Waals surface area (Å²) in [6, 6.07) is 3.64. The molecule has 2 rings (SSSR count). The smallest absolute Gasteiger partial charge is 0.255 e. The van der Waals surface area contributed by atoms with Crippen LogP contribution in [0.5, 0.6) is 0 Å². The van der Waals surface area contributed by atoms with E-state index in [9.17, 15) is 4.79 Å². The van der Waals surface area contributed by atoms with Crippen molar-refractivity contribution in [2.24, 2.45) is 5.92 Å². The summed E-state index contributed by atoms with van der Waals surface area (Å²) in [4.78, 5) is 18.3. The highest BCUT2D eigenvalue weighted by Crippen LogP contribution is 2.20. The zero-order valence-corrected chi connectivity index (χ0v) is 11.6. The lowest BCUT2D eigenvalue weighted by molar-refractivity contribution is 0.0671. The molecule has 92 valence electrons. The Labute approximate surface area is 110 Å². The van der Waals surface area contributed by atoms with E-state index < -0.39 is 0 Å². The number of likely N-dealkylation sites (tertiary alicyclic amines) is 1. The molecular formula is C13H17BrN2O. The van der Waals surface area contributed by atoms with E-state index >= 15 is 0 Å². The lowest BCUT2D eigenvalue weighted by Crippen LogP contribution is -2.39. The van der Waals surface area contributed by atoms with Gasteiger partial charge in [0.05, 0.1) is 5.56 Å². The van der Waals surface area contributed by atoms with Crippen LogP contribution in [0, 0.1) is 5.92 Å². The zero-order valence-electron chi connectivity index (χ0n) is 10.0. The minimum atomic E-state index is 0.114. The maximum absolute atomic E-state index is 12.2. The molecule has 0 aliphatic carbocycles. The van der Waals surface area contributed by atoms with Gasteiger partial charge in [-0.15, -0.1) is 0 Å². The summed E-state index contributed by atoms with van der Waals surface area (Å²) in [6.07, 6.45) is 5.16. The molecule has 1 aliphatic heterocycles. The lowest BCUT2D eigenvalue weighted by atomic mass is 9.95. The number of carbonyl (C=O) groups excluding carboxylic acids is 1. The third-order valence-corrected chi connectivity index (χ3v) is 3.83. The number of piperidine rings is 1. The SMILES string of the molecule is CCC1CCCN(C(=O)c2ccc(Br)nc2)C1. The molecule has 0 N–H and O–H groups in total. The Bertz CT molecular complexity index is 391. The molecular weight excluding hydrogens is 280 g/mol. The van der Waals surface area contributed by atoms with Crippen molar-refractivity contribution in [2.45, 2.75) is 26.2 Å². The maximum Gasteiger partial charge on any atom is 0.255 e. The normalized spacial score (nSPS) is 20.4. The largest absolute Gasteiger partial charge is 0.338 e. The average molecular weight is 297 g/mol. The number of nitrogens with zero attached hydrogens (tertiary/aromatic N) is 2. The summed E-state index contributed by atoms with van der Waals surface area (Å²) >= 11 is 3.28. The number of amides is 1. The molecule has 0 spiro atoms. The van der Waals surface area contributed by atoms with Gasteiger partial charge in [-0.2, -0.15) is 0 Å². The highest BCUT2D eigenvalue weighted by Gasteiger charge is 2.23. The first-order valence-corrected chi connectivity index (χ1v) is 6.91. The minimum Gasteiger partial charge on any atom is -0.338 e. The van der Waals surface area contributed by atoms with Gasteiger partial charge < -0.3 is 4.90 Å². The van der Waals surface area contributed by atoms with Gasteiger partial charge in [0.15, 0.2) is 0 Å². The third-order valence-electron chi connectivity index (χ3n) is 3.36. The monoisotopic (exact) mass is 296 g/mol. The molecule has 1 aromatic heterocycles. The first-order chi connectivity index (χ1) is 8.20. The molecule has 1 unspecified atom stereocenters. The fourth-order valence-electron chi connectivity index (χ4n) is 2.27. The van der Waals surface area contributed by atoms with Crippen LogP contribution in [0.25, 0.3) is 0 Å². The second kappa shape index (κ2) is 5.63. The Kier molecular flexibility index (Phi) is 4.15.